The Bertz CT molecular complexity index is 686. The van der Waals surface area contributed by atoms with Gasteiger partial charge in [-0.3, -0.25) is 0 Å². The Balaban J connectivity index is 1.93. The van der Waals surface area contributed by atoms with Crippen LogP contribution in [0.25, 0.3) is 0 Å². The van der Waals surface area contributed by atoms with Gasteiger partial charge in [-0.15, -0.1) is 0 Å². The Morgan fingerprint density at radius 1 is 0.960 bits per heavy atom. The molecule has 2 aromatic carbocycles. The molecule has 0 saturated carbocycles. The molecule has 136 valence electrons. The number of hydrogen-bond donors (Lipinski definition) is 3. The normalized spacial score (nSPS) is 10.9. The van der Waals surface area contributed by atoms with E-state index in [1.54, 1.807) is 18.2 Å². The van der Waals surface area contributed by atoms with Gasteiger partial charge in [0.25, 0.3) is 0 Å². The van der Waals surface area contributed by atoms with Crippen molar-refractivity contribution >= 4 is 23.2 Å². The van der Waals surface area contributed by atoms with Gasteiger partial charge in [0.1, 0.15) is 18.2 Å². The summed E-state index contributed by atoms with van der Waals surface area (Å²) in [5.41, 5.74) is 1.64. The third-order valence-corrected chi connectivity index (χ3v) is 4.09. The summed E-state index contributed by atoms with van der Waals surface area (Å²) in [6.45, 7) is 3.03. The van der Waals surface area contributed by atoms with Crippen LogP contribution in [0.2, 0.25) is 10.0 Å². The van der Waals surface area contributed by atoms with E-state index in [2.05, 4.69) is 10.6 Å². The minimum absolute atomic E-state index is 0.123. The van der Waals surface area contributed by atoms with Crippen molar-refractivity contribution in [3.8, 4) is 5.75 Å². The van der Waals surface area contributed by atoms with Crippen LogP contribution >= 0.6 is 23.2 Å². The van der Waals surface area contributed by atoms with Gasteiger partial charge in [-0.1, -0.05) is 29.3 Å². The fourth-order valence-corrected chi connectivity index (χ4v) is 2.64. The number of nitrogens with one attached hydrogen (secondary N) is 2. The van der Waals surface area contributed by atoms with E-state index in [1.165, 1.54) is 12.1 Å². The number of halogens is 3. The van der Waals surface area contributed by atoms with Crippen LogP contribution in [0.5, 0.6) is 5.75 Å². The van der Waals surface area contributed by atoms with E-state index in [0.29, 0.717) is 34.4 Å². The summed E-state index contributed by atoms with van der Waals surface area (Å²) in [6.07, 6.45) is 0. The van der Waals surface area contributed by atoms with Crippen LogP contribution < -0.4 is 15.4 Å². The molecule has 0 amide bonds. The lowest BCUT2D eigenvalue weighted by atomic mass is 10.2. The highest BCUT2D eigenvalue weighted by Gasteiger charge is 2.08. The Hall–Kier alpha value is -1.37. The van der Waals surface area contributed by atoms with Crippen molar-refractivity contribution in [2.24, 2.45) is 0 Å². The lowest BCUT2D eigenvalue weighted by molar-refractivity contribution is 0.292. The number of hydrogen-bond acceptors (Lipinski definition) is 4. The van der Waals surface area contributed by atoms with Gasteiger partial charge in [0.2, 0.25) is 0 Å². The SMILES string of the molecule is OCCNCCNCc1cc(Cl)ccc1OCc1ccc(F)cc1Cl. The molecule has 0 aliphatic rings. The van der Waals surface area contributed by atoms with Crippen LogP contribution in [0, 0.1) is 5.82 Å². The van der Waals surface area contributed by atoms with E-state index < -0.39 is 0 Å². The number of aliphatic hydroxyl groups excluding tert-OH is 1. The fourth-order valence-electron chi connectivity index (χ4n) is 2.23. The molecule has 0 fully saturated rings. The van der Waals surface area contributed by atoms with Crippen molar-refractivity contribution in [1.82, 2.24) is 10.6 Å². The predicted octanol–water partition coefficient (Wildman–Crippen LogP) is 3.38. The first-order valence-corrected chi connectivity index (χ1v) is 8.73. The van der Waals surface area contributed by atoms with Crippen molar-refractivity contribution in [3.63, 3.8) is 0 Å². The van der Waals surface area contributed by atoms with Crippen LogP contribution in [0.1, 0.15) is 11.1 Å². The van der Waals surface area contributed by atoms with Gasteiger partial charge in [-0.05, 0) is 30.3 Å². The van der Waals surface area contributed by atoms with Gasteiger partial charge in [0.05, 0.1) is 11.6 Å². The number of benzene rings is 2. The second kappa shape index (κ2) is 10.6. The highest BCUT2D eigenvalue weighted by Crippen LogP contribution is 2.25. The van der Waals surface area contributed by atoms with Gasteiger partial charge < -0.3 is 20.5 Å². The Labute approximate surface area is 156 Å². The first kappa shape index (κ1) is 19.9. The number of aliphatic hydroxyl groups is 1. The first-order valence-electron chi connectivity index (χ1n) is 7.97. The summed E-state index contributed by atoms with van der Waals surface area (Å²) in [5, 5.41) is 16.1. The van der Waals surface area contributed by atoms with E-state index in [-0.39, 0.29) is 19.0 Å². The molecular weight excluding hydrogens is 366 g/mol. The van der Waals surface area contributed by atoms with E-state index in [9.17, 15) is 4.39 Å². The van der Waals surface area contributed by atoms with Crippen LogP contribution in [-0.2, 0) is 13.2 Å². The van der Waals surface area contributed by atoms with Gasteiger partial charge in [0.15, 0.2) is 0 Å². The Morgan fingerprint density at radius 3 is 2.52 bits per heavy atom. The average molecular weight is 387 g/mol. The van der Waals surface area contributed by atoms with E-state index in [1.807, 2.05) is 6.07 Å². The minimum atomic E-state index is -0.375. The molecule has 2 rings (SSSR count). The zero-order chi connectivity index (χ0) is 18.1. The first-order chi connectivity index (χ1) is 12.1. The van der Waals surface area contributed by atoms with Gasteiger partial charge in [-0.25, -0.2) is 4.39 Å². The summed E-state index contributed by atoms with van der Waals surface area (Å²) in [5.74, 6) is 0.320. The molecule has 0 unspecified atom stereocenters. The standard InChI is InChI=1S/C18H21Cl2FN2O2/c19-15-2-4-18(14(9-15)11-23-6-5-22-7-8-24)25-12-13-1-3-16(21)10-17(13)20/h1-4,9-10,22-24H,5-8,11-12H2. The van der Waals surface area contributed by atoms with Crippen LogP contribution in [0.3, 0.4) is 0 Å². The third kappa shape index (κ3) is 6.80. The minimum Gasteiger partial charge on any atom is -0.489 e. The molecule has 0 heterocycles. The highest BCUT2D eigenvalue weighted by atomic mass is 35.5. The van der Waals surface area contributed by atoms with E-state index in [0.717, 1.165) is 18.7 Å². The summed E-state index contributed by atoms with van der Waals surface area (Å²) in [6, 6.07) is 9.64. The molecule has 7 heteroatoms. The molecular formula is C18H21Cl2FN2O2. The fraction of sp³-hybridized carbons (Fsp3) is 0.333. The zero-order valence-corrected chi connectivity index (χ0v) is 15.2. The maximum absolute atomic E-state index is 13.1. The summed E-state index contributed by atoms with van der Waals surface area (Å²) in [4.78, 5) is 0. The van der Waals surface area contributed by atoms with Gasteiger partial charge in [0, 0.05) is 42.3 Å². The van der Waals surface area contributed by atoms with Crippen molar-refractivity contribution in [3.05, 3.63) is 63.4 Å². The largest absolute Gasteiger partial charge is 0.489 e. The lowest BCUT2D eigenvalue weighted by Gasteiger charge is -2.14. The Kier molecular flexibility index (Phi) is 8.44. The molecule has 0 saturated heterocycles. The summed E-state index contributed by atoms with van der Waals surface area (Å²) in [7, 11) is 0. The Morgan fingerprint density at radius 2 is 1.76 bits per heavy atom. The number of rotatable bonds is 10. The topological polar surface area (TPSA) is 53.5 Å². The molecule has 4 nitrogen and oxygen atoms in total. The summed E-state index contributed by atoms with van der Waals surface area (Å²) < 4.78 is 18.9. The van der Waals surface area contributed by atoms with E-state index in [4.69, 9.17) is 33.0 Å². The second-order valence-corrected chi connectivity index (χ2v) is 6.27. The van der Waals surface area contributed by atoms with Crippen molar-refractivity contribution in [1.29, 1.82) is 0 Å². The third-order valence-electron chi connectivity index (χ3n) is 3.50. The zero-order valence-electron chi connectivity index (χ0n) is 13.7. The van der Waals surface area contributed by atoms with Crippen LogP contribution in [-0.4, -0.2) is 31.3 Å². The predicted molar refractivity (Wildman–Crippen MR) is 98.9 cm³/mol. The average Bonchev–Trinajstić information content (AvgIpc) is 2.58. The maximum atomic E-state index is 13.1. The van der Waals surface area contributed by atoms with Crippen molar-refractivity contribution < 1.29 is 14.2 Å². The molecule has 3 N–H and O–H groups in total. The second-order valence-electron chi connectivity index (χ2n) is 5.43. The molecule has 2 aromatic rings. The van der Waals surface area contributed by atoms with E-state index >= 15 is 0 Å². The smallest absolute Gasteiger partial charge is 0.124 e. The monoisotopic (exact) mass is 386 g/mol. The number of ether oxygens (including phenoxy) is 1. The molecule has 0 atom stereocenters. The molecule has 0 radical (unpaired) electrons. The molecule has 0 aromatic heterocycles. The molecule has 0 aliphatic carbocycles. The van der Waals surface area contributed by atoms with Crippen LogP contribution in [0.15, 0.2) is 36.4 Å². The molecule has 0 bridgehead atoms. The molecule has 25 heavy (non-hydrogen) atoms. The van der Waals surface area contributed by atoms with Crippen molar-refractivity contribution in [2.45, 2.75) is 13.2 Å². The molecule has 0 aliphatic heterocycles. The van der Waals surface area contributed by atoms with Crippen molar-refractivity contribution in [2.75, 3.05) is 26.2 Å². The lowest BCUT2D eigenvalue weighted by Crippen LogP contribution is -2.28. The quantitative estimate of drug-likeness (QED) is 0.547. The van der Waals surface area contributed by atoms with Gasteiger partial charge >= 0.3 is 0 Å². The molecule has 0 spiro atoms. The summed E-state index contributed by atoms with van der Waals surface area (Å²) >= 11 is 12.1. The highest BCUT2D eigenvalue weighted by molar-refractivity contribution is 6.31. The van der Waals surface area contributed by atoms with Gasteiger partial charge in [-0.2, -0.15) is 0 Å². The maximum Gasteiger partial charge on any atom is 0.124 e. The van der Waals surface area contributed by atoms with Crippen LogP contribution in [0.4, 0.5) is 4.39 Å².